The number of rotatable bonds is 4. The van der Waals surface area contributed by atoms with Crippen molar-refractivity contribution >= 4 is 0 Å². The Kier molecular flexibility index (Phi) is 4.57. The summed E-state index contributed by atoms with van der Waals surface area (Å²) in [7, 11) is 0. The highest BCUT2D eigenvalue weighted by Gasteiger charge is 2.34. The van der Waals surface area contributed by atoms with Crippen LogP contribution in [0.25, 0.3) is 0 Å². The number of aliphatic hydroxyl groups excluding tert-OH is 1. The van der Waals surface area contributed by atoms with E-state index in [1.807, 2.05) is 24.3 Å². The molecule has 3 nitrogen and oxygen atoms in total. The molecule has 2 unspecified atom stereocenters. The van der Waals surface area contributed by atoms with Gasteiger partial charge in [0.2, 0.25) is 0 Å². The number of hydrogen-bond acceptors (Lipinski definition) is 3. The number of benzene rings is 1. The van der Waals surface area contributed by atoms with Gasteiger partial charge in [-0.1, -0.05) is 31.9 Å². The summed E-state index contributed by atoms with van der Waals surface area (Å²) in [6, 6.07) is 9.81. The maximum Gasteiger partial charge on any atom is 0.0991 e. The van der Waals surface area contributed by atoms with Crippen LogP contribution < -0.4 is 5.32 Å². The van der Waals surface area contributed by atoms with Crippen LogP contribution in [-0.2, 0) is 6.54 Å². The van der Waals surface area contributed by atoms with E-state index in [1.165, 1.54) is 6.42 Å². The van der Waals surface area contributed by atoms with Crippen LogP contribution in [0.3, 0.4) is 0 Å². The third-order valence-electron chi connectivity index (χ3n) is 4.19. The first-order valence-electron chi connectivity index (χ1n) is 7.02. The molecule has 102 valence electrons. The summed E-state index contributed by atoms with van der Waals surface area (Å²) in [5.74, 6) is 0. The number of nitrogens with one attached hydrogen (secondary N) is 1. The van der Waals surface area contributed by atoms with Gasteiger partial charge in [-0.25, -0.2) is 0 Å². The molecule has 2 rings (SSSR count). The molecular weight excluding hydrogens is 236 g/mol. The molecule has 1 aromatic rings. The van der Waals surface area contributed by atoms with Crippen LogP contribution in [0.15, 0.2) is 24.3 Å². The van der Waals surface area contributed by atoms with Crippen LogP contribution in [0.4, 0.5) is 0 Å². The van der Waals surface area contributed by atoms with E-state index < -0.39 is 0 Å². The molecule has 2 atom stereocenters. The molecule has 2 N–H and O–H groups in total. The van der Waals surface area contributed by atoms with E-state index in [1.54, 1.807) is 0 Å². The highest BCUT2D eigenvalue weighted by Crippen LogP contribution is 2.35. The van der Waals surface area contributed by atoms with Crippen LogP contribution in [-0.4, -0.2) is 17.8 Å². The number of nitriles is 1. The third-order valence-corrected chi connectivity index (χ3v) is 4.19. The summed E-state index contributed by atoms with van der Waals surface area (Å²) >= 11 is 0. The molecule has 0 spiro atoms. The molecular formula is C16H22N2O. The van der Waals surface area contributed by atoms with Gasteiger partial charge in [-0.05, 0) is 30.5 Å². The van der Waals surface area contributed by atoms with Gasteiger partial charge >= 0.3 is 0 Å². The van der Waals surface area contributed by atoms with Gasteiger partial charge in [0.25, 0.3) is 0 Å². The normalized spacial score (nSPS) is 26.9. The van der Waals surface area contributed by atoms with Crippen molar-refractivity contribution in [3.05, 3.63) is 35.4 Å². The summed E-state index contributed by atoms with van der Waals surface area (Å²) in [4.78, 5) is 0. The first-order valence-corrected chi connectivity index (χ1v) is 7.02. The summed E-state index contributed by atoms with van der Waals surface area (Å²) < 4.78 is 0. The van der Waals surface area contributed by atoms with Crippen molar-refractivity contribution in [3.63, 3.8) is 0 Å². The standard InChI is InChI=1S/C16H22N2O/c1-16(8-3-2-7-15(16)19)12-18-11-14-6-4-5-13(9-14)10-17/h4-6,9,15,18-19H,2-3,7-8,11-12H2,1H3. The minimum Gasteiger partial charge on any atom is -0.393 e. The first-order chi connectivity index (χ1) is 9.14. The topological polar surface area (TPSA) is 56.0 Å². The van der Waals surface area contributed by atoms with Crippen LogP contribution in [0.2, 0.25) is 0 Å². The molecule has 0 amide bonds. The first kappa shape index (κ1) is 14.0. The molecule has 1 aliphatic rings. The van der Waals surface area contributed by atoms with Crippen LogP contribution in [0.1, 0.15) is 43.7 Å². The van der Waals surface area contributed by atoms with Gasteiger partial charge in [0.15, 0.2) is 0 Å². The largest absolute Gasteiger partial charge is 0.393 e. The Bertz CT molecular complexity index is 466. The fourth-order valence-electron chi connectivity index (χ4n) is 2.83. The number of aliphatic hydroxyl groups is 1. The zero-order valence-corrected chi connectivity index (χ0v) is 11.5. The van der Waals surface area contributed by atoms with Gasteiger partial charge in [0.05, 0.1) is 17.7 Å². The van der Waals surface area contributed by atoms with Gasteiger partial charge in [0.1, 0.15) is 0 Å². The van der Waals surface area contributed by atoms with E-state index in [0.717, 1.165) is 37.9 Å². The molecule has 1 saturated carbocycles. The lowest BCUT2D eigenvalue weighted by atomic mass is 9.73. The van der Waals surface area contributed by atoms with Gasteiger partial charge in [-0.15, -0.1) is 0 Å². The molecule has 1 aromatic carbocycles. The lowest BCUT2D eigenvalue weighted by Gasteiger charge is -2.38. The Morgan fingerprint density at radius 2 is 2.32 bits per heavy atom. The SMILES string of the molecule is CC1(CNCc2cccc(C#N)c2)CCCCC1O. The minimum absolute atomic E-state index is 0.00884. The van der Waals surface area contributed by atoms with Crippen LogP contribution in [0.5, 0.6) is 0 Å². The van der Waals surface area contributed by atoms with Crippen LogP contribution in [0, 0.1) is 16.7 Å². The van der Waals surface area contributed by atoms with E-state index in [0.29, 0.717) is 5.56 Å². The molecule has 0 radical (unpaired) electrons. The van der Waals surface area contributed by atoms with E-state index in [9.17, 15) is 5.11 Å². The maximum absolute atomic E-state index is 10.1. The zero-order chi connectivity index (χ0) is 13.7. The van der Waals surface area contributed by atoms with Crippen molar-refractivity contribution in [1.29, 1.82) is 5.26 Å². The highest BCUT2D eigenvalue weighted by atomic mass is 16.3. The van der Waals surface area contributed by atoms with Gasteiger partial charge in [0, 0.05) is 18.5 Å². The fourth-order valence-corrected chi connectivity index (χ4v) is 2.83. The molecule has 1 fully saturated rings. The molecule has 19 heavy (non-hydrogen) atoms. The molecule has 0 bridgehead atoms. The number of nitrogens with zero attached hydrogens (tertiary/aromatic N) is 1. The van der Waals surface area contributed by atoms with Gasteiger partial charge < -0.3 is 10.4 Å². The predicted octanol–water partition coefficient (Wildman–Crippen LogP) is 2.59. The second-order valence-electron chi connectivity index (χ2n) is 5.83. The van der Waals surface area contributed by atoms with Gasteiger partial charge in [-0.2, -0.15) is 5.26 Å². The van der Waals surface area contributed by atoms with Crippen LogP contribution >= 0.6 is 0 Å². The molecule has 0 aromatic heterocycles. The lowest BCUT2D eigenvalue weighted by Crippen LogP contribution is -2.43. The van der Waals surface area contributed by atoms with E-state index in [-0.39, 0.29) is 11.5 Å². The summed E-state index contributed by atoms with van der Waals surface area (Å²) in [6.45, 7) is 3.73. The van der Waals surface area contributed by atoms with Crippen molar-refractivity contribution in [2.24, 2.45) is 5.41 Å². The fraction of sp³-hybridized carbons (Fsp3) is 0.562. The summed E-state index contributed by atoms with van der Waals surface area (Å²) in [5, 5.41) is 22.4. The van der Waals surface area contributed by atoms with Gasteiger partial charge in [-0.3, -0.25) is 0 Å². The Balaban J connectivity index is 1.87. The van der Waals surface area contributed by atoms with Crippen molar-refractivity contribution < 1.29 is 5.11 Å². The molecule has 1 aliphatic carbocycles. The Morgan fingerprint density at radius 3 is 3.05 bits per heavy atom. The average molecular weight is 258 g/mol. The van der Waals surface area contributed by atoms with E-state index >= 15 is 0 Å². The second-order valence-corrected chi connectivity index (χ2v) is 5.83. The maximum atomic E-state index is 10.1. The van der Waals surface area contributed by atoms with Crippen molar-refractivity contribution in [1.82, 2.24) is 5.32 Å². The third kappa shape index (κ3) is 3.56. The average Bonchev–Trinajstić information content (AvgIpc) is 2.43. The zero-order valence-electron chi connectivity index (χ0n) is 11.5. The Morgan fingerprint density at radius 1 is 1.47 bits per heavy atom. The lowest BCUT2D eigenvalue weighted by molar-refractivity contribution is 0.00115. The smallest absolute Gasteiger partial charge is 0.0991 e. The second kappa shape index (κ2) is 6.18. The summed E-state index contributed by atoms with van der Waals surface area (Å²) in [6.07, 6.45) is 4.15. The Hall–Kier alpha value is -1.37. The minimum atomic E-state index is -0.195. The van der Waals surface area contributed by atoms with Crippen molar-refractivity contribution in [2.75, 3.05) is 6.54 Å². The molecule has 0 saturated heterocycles. The van der Waals surface area contributed by atoms with E-state index in [2.05, 4.69) is 18.3 Å². The number of hydrogen-bond donors (Lipinski definition) is 2. The van der Waals surface area contributed by atoms with Crippen molar-refractivity contribution in [3.8, 4) is 6.07 Å². The Labute approximate surface area is 115 Å². The molecule has 0 heterocycles. The summed E-state index contributed by atoms with van der Waals surface area (Å²) in [5.41, 5.74) is 1.81. The van der Waals surface area contributed by atoms with E-state index in [4.69, 9.17) is 5.26 Å². The molecule has 0 aliphatic heterocycles. The van der Waals surface area contributed by atoms with Crippen molar-refractivity contribution in [2.45, 2.75) is 45.3 Å². The quantitative estimate of drug-likeness (QED) is 0.872. The molecule has 3 heteroatoms. The monoisotopic (exact) mass is 258 g/mol. The predicted molar refractivity (Wildman–Crippen MR) is 75.4 cm³/mol. The highest BCUT2D eigenvalue weighted by molar-refractivity contribution is 5.32.